The minimum absolute atomic E-state index is 0.0155. The number of carbonyl (C=O) groups is 1. The average molecular weight is 639 g/mol. The van der Waals surface area contributed by atoms with Crippen LogP contribution in [-0.2, 0) is 23.7 Å². The highest BCUT2D eigenvalue weighted by Gasteiger charge is 2.58. The Morgan fingerprint density at radius 2 is 1.50 bits per heavy atom. The van der Waals surface area contributed by atoms with Crippen LogP contribution in [0.1, 0.15) is 25.7 Å². The van der Waals surface area contributed by atoms with Crippen LogP contribution in [0.15, 0.2) is 0 Å². The van der Waals surface area contributed by atoms with E-state index in [1.807, 2.05) is 0 Å². The molecule has 2 heterocycles. The van der Waals surface area contributed by atoms with Gasteiger partial charge in [-0.15, -0.1) is 0 Å². The SMILES string of the molecule is NCCCNC[C@H]1O[C@H](OC2[C@@H](N)C[C@@H](CC(=O)C3(O)CC3N)[C@H](O[C@H]3O[C@H](CO)[C@@H](O)[C@H](N)[C@H]3O)[C@H]2O)[C@H](N)[C@@H](O)[C@@H]1O. The maximum atomic E-state index is 13.0. The second-order valence-corrected chi connectivity index (χ2v) is 12.4. The zero-order valence-electron chi connectivity index (χ0n) is 24.5. The number of rotatable bonds is 13. The Labute approximate surface area is 254 Å². The number of ether oxygens (including phenoxy) is 4. The first-order valence-corrected chi connectivity index (χ1v) is 15.1. The summed E-state index contributed by atoms with van der Waals surface area (Å²) in [6, 6.07) is -4.17. The van der Waals surface area contributed by atoms with Crippen molar-refractivity contribution in [3.8, 4) is 0 Å². The number of Topliss-reactive ketones (excluding diaryl/α,β-unsaturated/α-hetero) is 1. The van der Waals surface area contributed by atoms with E-state index in [0.717, 1.165) is 0 Å². The fourth-order valence-electron chi connectivity index (χ4n) is 6.17. The van der Waals surface area contributed by atoms with E-state index in [-0.39, 0.29) is 25.8 Å². The number of nitrogens with one attached hydrogen (secondary N) is 1. The van der Waals surface area contributed by atoms with Crippen LogP contribution in [-0.4, -0.2) is 165 Å². The summed E-state index contributed by atoms with van der Waals surface area (Å²) >= 11 is 0. The lowest BCUT2D eigenvalue weighted by molar-refractivity contribution is -0.323. The smallest absolute Gasteiger partial charge is 0.186 e. The highest BCUT2D eigenvalue weighted by atomic mass is 16.7. The summed E-state index contributed by atoms with van der Waals surface area (Å²) in [7, 11) is 0. The molecule has 256 valence electrons. The molecule has 18 heteroatoms. The molecular weight excluding hydrogens is 588 g/mol. The molecule has 18 N–H and O–H groups in total. The fraction of sp³-hybridized carbons (Fsp3) is 0.962. The molecule has 4 fully saturated rings. The van der Waals surface area contributed by atoms with E-state index in [4.69, 9.17) is 47.6 Å². The summed E-state index contributed by atoms with van der Waals surface area (Å²) in [6.45, 7) is 0.482. The molecule has 4 rings (SSSR count). The summed E-state index contributed by atoms with van der Waals surface area (Å²) in [5.74, 6) is -1.41. The van der Waals surface area contributed by atoms with Crippen LogP contribution >= 0.6 is 0 Å². The van der Waals surface area contributed by atoms with Crippen LogP contribution in [0.25, 0.3) is 0 Å². The molecule has 18 nitrogen and oxygen atoms in total. The molecule has 3 unspecified atom stereocenters. The van der Waals surface area contributed by atoms with Crippen molar-refractivity contribution in [3.63, 3.8) is 0 Å². The Morgan fingerprint density at radius 1 is 0.864 bits per heavy atom. The standard InChI is InChI=1S/C26H50N6O12/c27-2-1-3-32-7-11-18(36)19(37)16(31)24(41-11)44-23-10(28)4-9(5-14(34)26(40)6-13(26)29)22(21(23)39)43-25-20(38)15(30)17(35)12(8-33)42-25/h9-13,15-25,32-33,35-40H,1-8,27-31H2/t9-,10-,11+,12+,13?,15-,16+,17+,18+,19+,20+,21+,22-,23?,24+,25+,26?/m0/s1. The topological polar surface area (TPSA) is 338 Å². The molecule has 2 saturated heterocycles. The minimum Gasteiger partial charge on any atom is -0.394 e. The van der Waals surface area contributed by atoms with Gasteiger partial charge in [-0.1, -0.05) is 0 Å². The zero-order chi connectivity index (χ0) is 32.5. The highest BCUT2D eigenvalue weighted by molar-refractivity contribution is 5.91. The van der Waals surface area contributed by atoms with Crippen LogP contribution in [0, 0.1) is 5.92 Å². The Bertz CT molecular complexity index is 957. The number of carbonyl (C=O) groups excluding carboxylic acids is 1. The molecule has 0 aromatic carbocycles. The largest absolute Gasteiger partial charge is 0.394 e. The summed E-state index contributed by atoms with van der Waals surface area (Å²) in [6.07, 6.45) is -14.5. The third kappa shape index (κ3) is 7.42. The summed E-state index contributed by atoms with van der Waals surface area (Å²) in [5.41, 5.74) is 28.0. The average Bonchev–Trinajstić information content (AvgIpc) is 3.62. The van der Waals surface area contributed by atoms with Crippen molar-refractivity contribution in [1.29, 1.82) is 0 Å². The number of hydrogen-bond acceptors (Lipinski definition) is 18. The number of hydrogen-bond donors (Lipinski definition) is 13. The molecule has 2 aliphatic heterocycles. The van der Waals surface area contributed by atoms with Gasteiger partial charge in [-0.2, -0.15) is 0 Å². The van der Waals surface area contributed by atoms with Crippen molar-refractivity contribution in [1.82, 2.24) is 5.32 Å². The van der Waals surface area contributed by atoms with Gasteiger partial charge >= 0.3 is 0 Å². The number of ketones is 1. The van der Waals surface area contributed by atoms with E-state index in [2.05, 4.69) is 5.32 Å². The summed E-state index contributed by atoms with van der Waals surface area (Å²) in [5, 5.41) is 76.9. The Balaban J connectivity index is 1.53. The molecule has 0 radical (unpaired) electrons. The number of aliphatic hydroxyl groups excluding tert-OH is 6. The molecule has 0 aromatic heterocycles. The van der Waals surface area contributed by atoms with E-state index in [0.29, 0.717) is 19.5 Å². The van der Waals surface area contributed by atoms with Gasteiger partial charge in [0.2, 0.25) is 0 Å². The maximum absolute atomic E-state index is 13.0. The maximum Gasteiger partial charge on any atom is 0.186 e. The van der Waals surface area contributed by atoms with Crippen LogP contribution in [0.3, 0.4) is 0 Å². The second kappa shape index (κ2) is 14.8. The van der Waals surface area contributed by atoms with Crippen molar-refractivity contribution in [2.45, 2.75) is 123 Å². The van der Waals surface area contributed by atoms with Crippen molar-refractivity contribution >= 4 is 5.78 Å². The van der Waals surface area contributed by atoms with E-state index in [1.54, 1.807) is 0 Å². The monoisotopic (exact) mass is 638 g/mol. The van der Waals surface area contributed by atoms with Crippen LogP contribution in [0.4, 0.5) is 0 Å². The van der Waals surface area contributed by atoms with Gasteiger partial charge in [0.05, 0.1) is 24.8 Å². The lowest BCUT2D eigenvalue weighted by atomic mass is 9.76. The van der Waals surface area contributed by atoms with Gasteiger partial charge in [0, 0.05) is 31.5 Å². The molecule has 2 aliphatic carbocycles. The quantitative estimate of drug-likeness (QED) is 0.0833. The van der Waals surface area contributed by atoms with Gasteiger partial charge < -0.3 is 88.7 Å². The van der Waals surface area contributed by atoms with E-state index in [1.165, 1.54) is 0 Å². The van der Waals surface area contributed by atoms with Crippen molar-refractivity contribution < 1.29 is 59.5 Å². The third-order valence-electron chi connectivity index (χ3n) is 9.22. The van der Waals surface area contributed by atoms with Gasteiger partial charge in [0.15, 0.2) is 18.4 Å². The third-order valence-corrected chi connectivity index (χ3v) is 9.22. The molecule has 44 heavy (non-hydrogen) atoms. The second-order valence-electron chi connectivity index (χ2n) is 12.4. The van der Waals surface area contributed by atoms with Gasteiger partial charge in [-0.25, -0.2) is 0 Å². The van der Waals surface area contributed by atoms with E-state index >= 15 is 0 Å². The van der Waals surface area contributed by atoms with E-state index < -0.39 is 116 Å². The zero-order valence-corrected chi connectivity index (χ0v) is 24.5. The minimum atomic E-state index is -1.71. The van der Waals surface area contributed by atoms with Crippen molar-refractivity contribution in [2.75, 3.05) is 26.2 Å². The van der Waals surface area contributed by atoms with Crippen LogP contribution < -0.4 is 34.0 Å². The Kier molecular flexibility index (Phi) is 12.1. The lowest BCUT2D eigenvalue weighted by Gasteiger charge is -2.49. The van der Waals surface area contributed by atoms with Gasteiger partial charge in [-0.05, 0) is 31.8 Å². The Morgan fingerprint density at radius 3 is 2.11 bits per heavy atom. The number of aliphatic hydroxyl groups is 7. The van der Waals surface area contributed by atoms with Crippen molar-refractivity contribution in [2.24, 2.45) is 34.6 Å². The molecule has 0 bridgehead atoms. The number of nitrogens with two attached hydrogens (primary N) is 5. The predicted molar refractivity (Wildman–Crippen MR) is 150 cm³/mol. The first-order valence-electron chi connectivity index (χ1n) is 15.1. The molecular formula is C26H50N6O12. The van der Waals surface area contributed by atoms with Gasteiger partial charge in [0.1, 0.15) is 54.4 Å². The van der Waals surface area contributed by atoms with E-state index in [9.17, 15) is 40.5 Å². The summed E-state index contributed by atoms with van der Waals surface area (Å²) < 4.78 is 23.5. The highest BCUT2D eigenvalue weighted by Crippen LogP contribution is 2.41. The summed E-state index contributed by atoms with van der Waals surface area (Å²) in [4.78, 5) is 13.0. The predicted octanol–water partition coefficient (Wildman–Crippen LogP) is -7.64. The molecule has 17 atom stereocenters. The molecule has 0 aromatic rings. The fourth-order valence-corrected chi connectivity index (χ4v) is 6.17. The molecule has 4 aliphatic rings. The van der Waals surface area contributed by atoms with Gasteiger partial charge in [0.25, 0.3) is 0 Å². The normalized spacial score (nSPS) is 49.5. The van der Waals surface area contributed by atoms with Crippen LogP contribution in [0.5, 0.6) is 0 Å². The molecule has 0 amide bonds. The molecule has 0 spiro atoms. The lowest BCUT2D eigenvalue weighted by Crippen LogP contribution is -2.68. The molecule has 2 saturated carbocycles. The first-order chi connectivity index (χ1) is 20.7. The van der Waals surface area contributed by atoms with Crippen LogP contribution in [0.2, 0.25) is 0 Å². The van der Waals surface area contributed by atoms with Gasteiger partial charge in [-0.3, -0.25) is 4.79 Å². The first kappa shape index (κ1) is 35.8. The Hall–Kier alpha value is -1.01. The van der Waals surface area contributed by atoms with Crippen molar-refractivity contribution in [3.05, 3.63) is 0 Å².